The molecular formula is C14H14FNO3. The Labute approximate surface area is 109 Å². The van der Waals surface area contributed by atoms with Crippen LogP contribution in [0.3, 0.4) is 0 Å². The molecule has 0 amide bonds. The number of anilines is 1. The highest BCUT2D eigenvalue weighted by atomic mass is 19.1. The van der Waals surface area contributed by atoms with Crippen LogP contribution in [0.5, 0.6) is 11.5 Å². The topological polar surface area (TPSA) is 72.7 Å². The number of rotatable bonds is 4. The molecule has 0 saturated heterocycles. The average Bonchev–Trinajstić information content (AvgIpc) is 2.40. The molecule has 0 aliphatic rings. The van der Waals surface area contributed by atoms with Crippen LogP contribution >= 0.6 is 0 Å². The maximum Gasteiger partial charge on any atom is 0.157 e. The number of halogens is 1. The van der Waals surface area contributed by atoms with Crippen LogP contribution in [0.15, 0.2) is 42.5 Å². The number of nitrogens with one attached hydrogen (secondary N) is 1. The Bertz CT molecular complexity index is 574. The van der Waals surface area contributed by atoms with Gasteiger partial charge in [0, 0.05) is 6.54 Å². The number of aliphatic hydroxyl groups is 1. The van der Waals surface area contributed by atoms with Crippen molar-refractivity contribution >= 4 is 5.69 Å². The van der Waals surface area contributed by atoms with Crippen LogP contribution in [0.2, 0.25) is 0 Å². The number of phenolic OH excluding ortho intramolecular Hbond substituents is 2. The summed E-state index contributed by atoms with van der Waals surface area (Å²) >= 11 is 0. The van der Waals surface area contributed by atoms with Gasteiger partial charge in [0.1, 0.15) is 5.82 Å². The minimum atomic E-state index is -0.925. The summed E-state index contributed by atoms with van der Waals surface area (Å²) in [6, 6.07) is 10.2. The predicted octanol–water partition coefficient (Wildman–Crippen LogP) is 2.38. The average molecular weight is 263 g/mol. The van der Waals surface area contributed by atoms with Crippen molar-refractivity contribution in [3.8, 4) is 11.5 Å². The fourth-order valence-electron chi connectivity index (χ4n) is 1.68. The fourth-order valence-corrected chi connectivity index (χ4v) is 1.68. The smallest absolute Gasteiger partial charge is 0.157 e. The van der Waals surface area contributed by atoms with E-state index in [1.165, 1.54) is 24.3 Å². The first-order chi connectivity index (χ1) is 9.08. The van der Waals surface area contributed by atoms with Gasteiger partial charge in [0.2, 0.25) is 0 Å². The standard InChI is InChI=1S/C14H14FNO3/c15-10-3-1-2-4-11(10)16-8-14(19)9-5-6-12(17)13(18)7-9/h1-7,14,16-19H,8H2. The number of aromatic hydroxyl groups is 2. The van der Waals surface area contributed by atoms with Gasteiger partial charge in [0.25, 0.3) is 0 Å². The Morgan fingerprint density at radius 1 is 1.05 bits per heavy atom. The zero-order valence-electron chi connectivity index (χ0n) is 10.0. The summed E-state index contributed by atoms with van der Waals surface area (Å²) in [6.45, 7) is 0.0884. The maximum atomic E-state index is 13.3. The van der Waals surface area contributed by atoms with Crippen LogP contribution in [-0.2, 0) is 0 Å². The van der Waals surface area contributed by atoms with Gasteiger partial charge in [0.15, 0.2) is 11.5 Å². The summed E-state index contributed by atoms with van der Waals surface area (Å²) < 4.78 is 13.3. The second-order valence-corrected chi connectivity index (χ2v) is 4.12. The molecule has 0 radical (unpaired) electrons. The third-order valence-electron chi connectivity index (χ3n) is 2.74. The Hall–Kier alpha value is -2.27. The molecule has 2 aromatic carbocycles. The Kier molecular flexibility index (Phi) is 3.87. The molecule has 0 fully saturated rings. The van der Waals surface area contributed by atoms with Crippen LogP contribution in [0, 0.1) is 5.82 Å². The van der Waals surface area contributed by atoms with E-state index < -0.39 is 11.9 Å². The van der Waals surface area contributed by atoms with E-state index in [4.69, 9.17) is 0 Å². The normalized spacial score (nSPS) is 12.1. The molecule has 2 rings (SSSR count). The Balaban J connectivity index is 2.03. The van der Waals surface area contributed by atoms with Gasteiger partial charge in [-0.25, -0.2) is 4.39 Å². The second-order valence-electron chi connectivity index (χ2n) is 4.12. The van der Waals surface area contributed by atoms with Gasteiger partial charge < -0.3 is 20.6 Å². The number of hydrogen-bond acceptors (Lipinski definition) is 4. The molecule has 0 spiro atoms. The highest BCUT2D eigenvalue weighted by Gasteiger charge is 2.10. The number of benzene rings is 2. The first kappa shape index (κ1) is 13.2. The summed E-state index contributed by atoms with van der Waals surface area (Å²) in [6.07, 6.45) is -0.925. The lowest BCUT2D eigenvalue weighted by Gasteiger charge is -2.14. The number of hydrogen-bond donors (Lipinski definition) is 4. The van der Waals surface area contributed by atoms with Gasteiger partial charge in [-0.2, -0.15) is 0 Å². The summed E-state index contributed by atoms with van der Waals surface area (Å²) in [5.74, 6) is -0.955. The first-order valence-electron chi connectivity index (χ1n) is 5.76. The van der Waals surface area contributed by atoms with Crippen LogP contribution in [0.1, 0.15) is 11.7 Å². The molecule has 0 aliphatic heterocycles. The van der Waals surface area contributed by atoms with Gasteiger partial charge in [-0.1, -0.05) is 18.2 Å². The van der Waals surface area contributed by atoms with E-state index in [0.29, 0.717) is 11.3 Å². The van der Waals surface area contributed by atoms with Gasteiger partial charge in [-0.15, -0.1) is 0 Å². The second kappa shape index (κ2) is 5.58. The minimum absolute atomic E-state index is 0.0884. The fraction of sp³-hybridized carbons (Fsp3) is 0.143. The third-order valence-corrected chi connectivity index (χ3v) is 2.74. The molecule has 100 valence electrons. The van der Waals surface area contributed by atoms with Crippen molar-refractivity contribution in [1.29, 1.82) is 0 Å². The first-order valence-corrected chi connectivity index (χ1v) is 5.76. The maximum absolute atomic E-state index is 13.3. The zero-order chi connectivity index (χ0) is 13.8. The van der Waals surface area contributed by atoms with Crippen LogP contribution in [0.4, 0.5) is 10.1 Å². The summed E-state index contributed by atoms with van der Waals surface area (Å²) in [5.41, 5.74) is 0.726. The largest absolute Gasteiger partial charge is 0.504 e. The number of phenols is 2. The van der Waals surface area contributed by atoms with Crippen molar-refractivity contribution in [2.45, 2.75) is 6.10 Å². The SMILES string of the molecule is Oc1ccc(C(O)CNc2ccccc2F)cc1O. The van der Waals surface area contributed by atoms with E-state index in [1.807, 2.05) is 0 Å². The molecule has 0 heterocycles. The van der Waals surface area contributed by atoms with Crippen molar-refractivity contribution in [2.24, 2.45) is 0 Å². The summed E-state index contributed by atoms with van der Waals surface area (Å²) in [5, 5.41) is 31.2. The molecule has 5 heteroatoms. The highest BCUT2D eigenvalue weighted by molar-refractivity contribution is 5.45. The van der Waals surface area contributed by atoms with Gasteiger partial charge in [-0.05, 0) is 29.8 Å². The molecule has 4 nitrogen and oxygen atoms in total. The van der Waals surface area contributed by atoms with Gasteiger partial charge >= 0.3 is 0 Å². The Morgan fingerprint density at radius 3 is 2.47 bits per heavy atom. The van der Waals surface area contributed by atoms with E-state index in [-0.39, 0.29) is 18.0 Å². The molecule has 19 heavy (non-hydrogen) atoms. The lowest BCUT2D eigenvalue weighted by atomic mass is 10.1. The van der Waals surface area contributed by atoms with Crippen molar-refractivity contribution in [1.82, 2.24) is 0 Å². The molecule has 0 saturated carbocycles. The van der Waals surface area contributed by atoms with Crippen molar-refractivity contribution in [3.05, 3.63) is 53.8 Å². The molecule has 4 N–H and O–H groups in total. The lowest BCUT2D eigenvalue weighted by Crippen LogP contribution is -2.12. The van der Waals surface area contributed by atoms with Crippen LogP contribution in [0.25, 0.3) is 0 Å². The van der Waals surface area contributed by atoms with Gasteiger partial charge in [-0.3, -0.25) is 0 Å². The molecule has 0 aromatic heterocycles. The van der Waals surface area contributed by atoms with Crippen LogP contribution < -0.4 is 5.32 Å². The molecule has 0 aliphatic carbocycles. The quantitative estimate of drug-likeness (QED) is 0.639. The zero-order valence-corrected chi connectivity index (χ0v) is 10.0. The molecule has 0 bridgehead atoms. The highest BCUT2D eigenvalue weighted by Crippen LogP contribution is 2.28. The predicted molar refractivity (Wildman–Crippen MR) is 69.6 cm³/mol. The minimum Gasteiger partial charge on any atom is -0.504 e. The third kappa shape index (κ3) is 3.14. The molecule has 1 atom stereocenters. The van der Waals surface area contributed by atoms with E-state index in [9.17, 15) is 19.7 Å². The molecule has 2 aromatic rings. The summed E-state index contributed by atoms with van der Waals surface area (Å²) in [4.78, 5) is 0. The van der Waals surface area contributed by atoms with E-state index in [1.54, 1.807) is 18.2 Å². The number of aliphatic hydroxyl groups excluding tert-OH is 1. The van der Waals surface area contributed by atoms with Crippen molar-refractivity contribution in [2.75, 3.05) is 11.9 Å². The van der Waals surface area contributed by atoms with E-state index in [2.05, 4.69) is 5.32 Å². The lowest BCUT2D eigenvalue weighted by molar-refractivity contribution is 0.191. The van der Waals surface area contributed by atoms with Crippen molar-refractivity contribution < 1.29 is 19.7 Å². The number of para-hydroxylation sites is 1. The van der Waals surface area contributed by atoms with Crippen molar-refractivity contribution in [3.63, 3.8) is 0 Å². The van der Waals surface area contributed by atoms with Crippen LogP contribution in [-0.4, -0.2) is 21.9 Å². The summed E-state index contributed by atoms with van der Waals surface area (Å²) in [7, 11) is 0. The Morgan fingerprint density at radius 2 is 1.79 bits per heavy atom. The molecular weight excluding hydrogens is 249 g/mol. The van der Waals surface area contributed by atoms with E-state index >= 15 is 0 Å². The van der Waals surface area contributed by atoms with E-state index in [0.717, 1.165) is 0 Å². The van der Waals surface area contributed by atoms with Gasteiger partial charge in [0.05, 0.1) is 11.8 Å². The monoisotopic (exact) mass is 263 g/mol. The molecule has 1 unspecified atom stereocenters.